The van der Waals surface area contributed by atoms with Crippen LogP contribution in [-0.2, 0) is 0 Å². The van der Waals surface area contributed by atoms with E-state index in [1.165, 1.54) is 19.4 Å². The summed E-state index contributed by atoms with van der Waals surface area (Å²) in [4.78, 5) is 24.2. The number of hydrogen-bond donors (Lipinski definition) is 1. The lowest BCUT2D eigenvalue weighted by Crippen LogP contribution is -2.16. The average Bonchev–Trinajstić information content (AvgIpc) is 3.15. The van der Waals surface area contributed by atoms with Gasteiger partial charge >= 0.3 is 11.9 Å². The fraction of sp³-hybridized carbons (Fsp3) is 0.0952. The third kappa shape index (κ3) is 5.32. The Kier molecular flexibility index (Phi) is 6.46. The molecule has 1 aromatic heterocycles. The molecule has 2 aromatic carbocycles. The van der Waals surface area contributed by atoms with Gasteiger partial charge in [0.2, 0.25) is 0 Å². The molecule has 0 aliphatic carbocycles. The van der Waals surface area contributed by atoms with Gasteiger partial charge in [-0.05, 0) is 70.9 Å². The molecule has 0 saturated carbocycles. The number of esters is 1. The Morgan fingerprint density at radius 1 is 1.07 bits per heavy atom. The Morgan fingerprint density at radius 2 is 1.83 bits per heavy atom. The topological polar surface area (TPSA) is 90.1 Å². The number of benzene rings is 2. The number of carbonyl (C=O) groups excluding carboxylic acids is 2. The zero-order valence-corrected chi connectivity index (χ0v) is 17.2. The molecule has 0 fully saturated rings. The normalized spacial score (nSPS) is 10.7. The van der Waals surface area contributed by atoms with E-state index in [1.54, 1.807) is 36.4 Å². The van der Waals surface area contributed by atoms with Crippen molar-refractivity contribution in [1.29, 1.82) is 0 Å². The van der Waals surface area contributed by atoms with Crippen molar-refractivity contribution in [2.45, 2.75) is 6.92 Å². The standard InChI is InChI=1S/C21H17BrN2O5/c1-13-3-6-15(7-4-13)21(26)29-16-8-5-14(11-18(16)27-2)12-23-24-20(25)17-9-10-19(22)28-17/h3-12H,1-2H3,(H,24,25). The molecule has 0 unspecified atom stereocenters. The van der Waals surface area contributed by atoms with Crippen molar-refractivity contribution >= 4 is 34.0 Å². The van der Waals surface area contributed by atoms with Gasteiger partial charge in [0.15, 0.2) is 21.9 Å². The van der Waals surface area contributed by atoms with Crippen LogP contribution in [0.4, 0.5) is 0 Å². The van der Waals surface area contributed by atoms with Gasteiger partial charge < -0.3 is 13.9 Å². The first-order valence-electron chi connectivity index (χ1n) is 8.52. The molecule has 29 heavy (non-hydrogen) atoms. The Balaban J connectivity index is 1.67. The fourth-order valence-corrected chi connectivity index (χ4v) is 2.66. The van der Waals surface area contributed by atoms with Gasteiger partial charge in [-0.15, -0.1) is 0 Å². The summed E-state index contributed by atoms with van der Waals surface area (Å²) in [5.41, 5.74) is 4.49. The van der Waals surface area contributed by atoms with Crippen molar-refractivity contribution in [1.82, 2.24) is 5.43 Å². The van der Waals surface area contributed by atoms with Crippen molar-refractivity contribution in [2.75, 3.05) is 7.11 Å². The summed E-state index contributed by atoms with van der Waals surface area (Å²) < 4.78 is 16.3. The van der Waals surface area contributed by atoms with Crippen LogP contribution in [0.1, 0.15) is 32.0 Å². The lowest BCUT2D eigenvalue weighted by molar-refractivity contribution is 0.0729. The molecule has 148 valence electrons. The summed E-state index contributed by atoms with van der Waals surface area (Å²) in [6.45, 7) is 1.94. The predicted molar refractivity (Wildman–Crippen MR) is 111 cm³/mol. The lowest BCUT2D eigenvalue weighted by Gasteiger charge is -2.10. The number of methoxy groups -OCH3 is 1. The summed E-state index contributed by atoms with van der Waals surface area (Å²) in [5.74, 6) is -0.204. The molecule has 0 aliphatic rings. The minimum Gasteiger partial charge on any atom is -0.493 e. The number of rotatable bonds is 6. The SMILES string of the molecule is COc1cc(C=NNC(=O)c2ccc(Br)o2)ccc1OC(=O)c1ccc(C)cc1. The van der Waals surface area contributed by atoms with Gasteiger partial charge in [0.05, 0.1) is 18.9 Å². The predicted octanol–water partition coefficient (Wildman–Crippen LogP) is 4.34. The van der Waals surface area contributed by atoms with E-state index in [-0.39, 0.29) is 11.5 Å². The second-order valence-electron chi connectivity index (χ2n) is 5.97. The first kappa shape index (κ1) is 20.3. The van der Waals surface area contributed by atoms with Crippen molar-refractivity contribution in [3.8, 4) is 11.5 Å². The number of halogens is 1. The van der Waals surface area contributed by atoms with Gasteiger partial charge in [0, 0.05) is 0 Å². The van der Waals surface area contributed by atoms with Crippen molar-refractivity contribution in [3.63, 3.8) is 0 Å². The quantitative estimate of drug-likeness (QED) is 0.257. The number of hydrogen-bond acceptors (Lipinski definition) is 6. The van der Waals surface area contributed by atoms with Crippen molar-refractivity contribution in [3.05, 3.63) is 81.7 Å². The molecule has 3 aromatic rings. The van der Waals surface area contributed by atoms with E-state index in [0.717, 1.165) is 5.56 Å². The van der Waals surface area contributed by atoms with E-state index >= 15 is 0 Å². The Morgan fingerprint density at radius 3 is 2.48 bits per heavy atom. The maximum atomic E-state index is 12.3. The largest absolute Gasteiger partial charge is 0.493 e. The lowest BCUT2D eigenvalue weighted by atomic mass is 10.1. The number of hydrazone groups is 1. The summed E-state index contributed by atoms with van der Waals surface area (Å²) in [5, 5.41) is 3.89. The maximum Gasteiger partial charge on any atom is 0.343 e. The van der Waals surface area contributed by atoms with Gasteiger partial charge in [0.25, 0.3) is 0 Å². The molecular weight excluding hydrogens is 440 g/mol. The van der Waals surface area contributed by atoms with Gasteiger partial charge in [-0.1, -0.05) is 17.7 Å². The van der Waals surface area contributed by atoms with Crippen LogP contribution in [-0.4, -0.2) is 25.2 Å². The molecule has 7 nitrogen and oxygen atoms in total. The third-order valence-corrected chi connectivity index (χ3v) is 4.28. The monoisotopic (exact) mass is 456 g/mol. The molecule has 0 saturated heterocycles. The molecule has 0 spiro atoms. The number of carbonyl (C=O) groups is 2. The van der Waals surface area contributed by atoms with Gasteiger partial charge in [-0.2, -0.15) is 5.10 Å². The summed E-state index contributed by atoms with van der Waals surface area (Å²) in [6, 6.07) is 15.1. The third-order valence-electron chi connectivity index (χ3n) is 3.85. The number of ether oxygens (including phenoxy) is 2. The molecule has 0 aliphatic heterocycles. The zero-order valence-electron chi connectivity index (χ0n) is 15.6. The van der Waals surface area contributed by atoms with Crippen LogP contribution in [0.25, 0.3) is 0 Å². The molecule has 1 heterocycles. The molecule has 0 radical (unpaired) electrons. The minimum atomic E-state index is -0.485. The number of amides is 1. The summed E-state index contributed by atoms with van der Waals surface area (Å²) in [6.07, 6.45) is 1.43. The highest BCUT2D eigenvalue weighted by Gasteiger charge is 2.13. The van der Waals surface area contributed by atoms with Crippen LogP contribution in [0.2, 0.25) is 0 Å². The molecule has 3 rings (SSSR count). The van der Waals surface area contributed by atoms with E-state index in [2.05, 4.69) is 26.5 Å². The van der Waals surface area contributed by atoms with Crippen LogP contribution in [0.3, 0.4) is 0 Å². The molecule has 1 N–H and O–H groups in total. The number of nitrogens with one attached hydrogen (secondary N) is 1. The molecule has 1 amide bonds. The van der Waals surface area contributed by atoms with Gasteiger partial charge in [-0.3, -0.25) is 4.79 Å². The van der Waals surface area contributed by atoms with E-state index in [1.807, 2.05) is 19.1 Å². The highest BCUT2D eigenvalue weighted by molar-refractivity contribution is 9.10. The first-order chi connectivity index (χ1) is 14.0. The van der Waals surface area contributed by atoms with Crippen LogP contribution in [0.5, 0.6) is 11.5 Å². The van der Waals surface area contributed by atoms with Crippen LogP contribution in [0, 0.1) is 6.92 Å². The molecule has 0 bridgehead atoms. The minimum absolute atomic E-state index is 0.130. The first-order valence-corrected chi connectivity index (χ1v) is 9.31. The number of aryl methyl sites for hydroxylation is 1. The summed E-state index contributed by atoms with van der Waals surface area (Å²) in [7, 11) is 1.47. The maximum absolute atomic E-state index is 12.3. The van der Waals surface area contributed by atoms with E-state index in [0.29, 0.717) is 21.5 Å². The number of nitrogens with zero attached hydrogens (tertiary/aromatic N) is 1. The molecular formula is C21H17BrN2O5. The smallest absolute Gasteiger partial charge is 0.343 e. The fourth-order valence-electron chi connectivity index (χ4n) is 2.35. The summed E-state index contributed by atoms with van der Waals surface area (Å²) >= 11 is 3.13. The highest BCUT2D eigenvalue weighted by Crippen LogP contribution is 2.28. The Bertz CT molecular complexity index is 1060. The second kappa shape index (κ2) is 9.20. The molecule has 8 heteroatoms. The Labute approximate surface area is 175 Å². The van der Waals surface area contributed by atoms with E-state index in [4.69, 9.17) is 13.9 Å². The van der Waals surface area contributed by atoms with Crippen LogP contribution >= 0.6 is 15.9 Å². The Hall–Kier alpha value is -3.39. The zero-order chi connectivity index (χ0) is 20.8. The van der Waals surface area contributed by atoms with Gasteiger partial charge in [0.1, 0.15) is 0 Å². The van der Waals surface area contributed by atoms with Crippen molar-refractivity contribution < 1.29 is 23.5 Å². The average molecular weight is 457 g/mol. The van der Waals surface area contributed by atoms with E-state index < -0.39 is 11.9 Å². The van der Waals surface area contributed by atoms with Crippen LogP contribution in [0.15, 0.2) is 68.8 Å². The van der Waals surface area contributed by atoms with Crippen molar-refractivity contribution in [2.24, 2.45) is 5.10 Å². The highest BCUT2D eigenvalue weighted by atomic mass is 79.9. The van der Waals surface area contributed by atoms with Gasteiger partial charge in [-0.25, -0.2) is 10.2 Å². The number of furan rings is 1. The van der Waals surface area contributed by atoms with Crippen LogP contribution < -0.4 is 14.9 Å². The molecule has 0 atom stereocenters. The van der Waals surface area contributed by atoms with E-state index in [9.17, 15) is 9.59 Å². The second-order valence-corrected chi connectivity index (χ2v) is 6.75.